The van der Waals surface area contributed by atoms with Gasteiger partial charge in [-0.3, -0.25) is 0 Å². The lowest BCUT2D eigenvalue weighted by molar-refractivity contribution is -0.132. The highest BCUT2D eigenvalue weighted by atomic mass is 16.5. The van der Waals surface area contributed by atoms with Crippen molar-refractivity contribution in [1.82, 2.24) is 0 Å². The maximum absolute atomic E-state index is 6.07. The first kappa shape index (κ1) is 12.3. The van der Waals surface area contributed by atoms with Crippen LogP contribution in [0, 0.1) is 11.3 Å². The number of ether oxygens (including phenoxy) is 2. The minimum absolute atomic E-state index is 0.213. The van der Waals surface area contributed by atoms with Crippen LogP contribution in [0.2, 0.25) is 0 Å². The predicted molar refractivity (Wildman–Crippen MR) is 64.3 cm³/mol. The molecule has 2 aliphatic rings. The van der Waals surface area contributed by atoms with E-state index in [0.29, 0.717) is 18.1 Å². The molecule has 3 unspecified atom stereocenters. The van der Waals surface area contributed by atoms with Crippen LogP contribution in [0.1, 0.15) is 39.5 Å². The van der Waals surface area contributed by atoms with E-state index >= 15 is 0 Å². The van der Waals surface area contributed by atoms with E-state index in [1.807, 2.05) is 0 Å². The molecule has 2 fully saturated rings. The van der Waals surface area contributed by atoms with Crippen molar-refractivity contribution < 1.29 is 9.47 Å². The molecule has 0 amide bonds. The van der Waals surface area contributed by atoms with Gasteiger partial charge in [-0.2, -0.15) is 0 Å². The summed E-state index contributed by atoms with van der Waals surface area (Å²) in [7, 11) is 0. The summed E-state index contributed by atoms with van der Waals surface area (Å²) >= 11 is 0. The molecule has 1 saturated carbocycles. The molecule has 1 aliphatic heterocycles. The van der Waals surface area contributed by atoms with Gasteiger partial charge in [-0.1, -0.05) is 13.8 Å². The molecule has 1 saturated heterocycles. The van der Waals surface area contributed by atoms with E-state index in [-0.39, 0.29) is 5.41 Å². The van der Waals surface area contributed by atoms with E-state index in [4.69, 9.17) is 15.2 Å². The van der Waals surface area contributed by atoms with Gasteiger partial charge in [0.05, 0.1) is 6.10 Å². The van der Waals surface area contributed by atoms with Gasteiger partial charge in [0.2, 0.25) is 0 Å². The van der Waals surface area contributed by atoms with E-state index in [2.05, 4.69) is 13.8 Å². The van der Waals surface area contributed by atoms with E-state index in [1.54, 1.807) is 0 Å². The van der Waals surface area contributed by atoms with Gasteiger partial charge in [0.1, 0.15) is 0 Å². The van der Waals surface area contributed by atoms with Crippen LogP contribution in [-0.4, -0.2) is 32.0 Å². The maximum atomic E-state index is 6.07. The molecule has 0 aromatic heterocycles. The highest BCUT2D eigenvalue weighted by molar-refractivity contribution is 5.03. The molecule has 1 aliphatic carbocycles. The van der Waals surface area contributed by atoms with Crippen molar-refractivity contribution in [3.05, 3.63) is 0 Å². The summed E-state index contributed by atoms with van der Waals surface area (Å²) in [4.78, 5) is 0. The topological polar surface area (TPSA) is 44.5 Å². The van der Waals surface area contributed by atoms with Crippen LogP contribution in [0.3, 0.4) is 0 Å². The van der Waals surface area contributed by atoms with Gasteiger partial charge >= 0.3 is 0 Å². The van der Waals surface area contributed by atoms with Gasteiger partial charge < -0.3 is 15.2 Å². The van der Waals surface area contributed by atoms with Crippen LogP contribution >= 0.6 is 0 Å². The van der Waals surface area contributed by atoms with Crippen LogP contribution in [-0.2, 0) is 9.47 Å². The van der Waals surface area contributed by atoms with Crippen LogP contribution in [0.25, 0.3) is 0 Å². The van der Waals surface area contributed by atoms with Crippen molar-refractivity contribution >= 4 is 0 Å². The van der Waals surface area contributed by atoms with E-state index in [9.17, 15) is 0 Å². The maximum Gasteiger partial charge on any atom is 0.0658 e. The average molecular weight is 227 g/mol. The van der Waals surface area contributed by atoms with E-state index in [1.165, 1.54) is 0 Å². The van der Waals surface area contributed by atoms with Gasteiger partial charge in [-0.25, -0.2) is 0 Å². The molecule has 2 rings (SSSR count). The molecule has 94 valence electrons. The van der Waals surface area contributed by atoms with Crippen LogP contribution < -0.4 is 5.73 Å². The fourth-order valence-corrected chi connectivity index (χ4v) is 2.76. The molecule has 0 radical (unpaired) electrons. The highest BCUT2D eigenvalue weighted by Crippen LogP contribution is 2.44. The largest absolute Gasteiger partial charge is 0.381 e. The van der Waals surface area contributed by atoms with Crippen molar-refractivity contribution in [3.63, 3.8) is 0 Å². The van der Waals surface area contributed by atoms with Crippen molar-refractivity contribution in [3.8, 4) is 0 Å². The van der Waals surface area contributed by atoms with Gasteiger partial charge in [0.25, 0.3) is 0 Å². The quantitative estimate of drug-likeness (QED) is 0.798. The Hall–Kier alpha value is -0.120. The molecule has 2 N–H and O–H groups in total. The summed E-state index contributed by atoms with van der Waals surface area (Å²) in [6, 6.07) is 0.331. The standard InChI is InChI=1S/C13H25NO2/c1-3-13(2)11(14)8-12(13)16-9-10-4-6-15-7-5-10/h10-12H,3-9,14H2,1-2H3. The Labute approximate surface area is 98.7 Å². The minimum Gasteiger partial charge on any atom is -0.381 e. The Bertz CT molecular complexity index is 228. The lowest BCUT2D eigenvalue weighted by Gasteiger charge is -2.52. The third-order valence-corrected chi connectivity index (χ3v) is 4.69. The number of rotatable bonds is 4. The van der Waals surface area contributed by atoms with Gasteiger partial charge in [0.15, 0.2) is 0 Å². The van der Waals surface area contributed by atoms with E-state index < -0.39 is 0 Å². The molecule has 0 spiro atoms. The molecule has 16 heavy (non-hydrogen) atoms. The first-order valence-corrected chi connectivity index (χ1v) is 6.61. The fraction of sp³-hybridized carbons (Fsp3) is 1.00. The van der Waals surface area contributed by atoms with Crippen molar-refractivity contribution in [1.29, 1.82) is 0 Å². The second kappa shape index (κ2) is 5.03. The molecule has 0 aromatic rings. The fourth-order valence-electron chi connectivity index (χ4n) is 2.76. The monoisotopic (exact) mass is 227 g/mol. The zero-order valence-electron chi connectivity index (χ0n) is 10.6. The number of hydrogen-bond donors (Lipinski definition) is 1. The molecule has 3 atom stereocenters. The van der Waals surface area contributed by atoms with Gasteiger partial charge in [-0.15, -0.1) is 0 Å². The Kier molecular flexibility index (Phi) is 3.88. The Morgan fingerprint density at radius 2 is 2.06 bits per heavy atom. The Morgan fingerprint density at radius 3 is 2.62 bits per heavy atom. The molecular formula is C13H25NO2. The zero-order valence-corrected chi connectivity index (χ0v) is 10.6. The second-order valence-corrected chi connectivity index (χ2v) is 5.58. The minimum atomic E-state index is 0.213. The Balaban J connectivity index is 1.74. The van der Waals surface area contributed by atoms with Crippen LogP contribution in [0.5, 0.6) is 0 Å². The molecule has 1 heterocycles. The summed E-state index contributed by atoms with van der Waals surface area (Å²) in [5, 5.41) is 0. The van der Waals surface area contributed by atoms with Crippen LogP contribution in [0.4, 0.5) is 0 Å². The van der Waals surface area contributed by atoms with Crippen molar-refractivity contribution in [2.45, 2.75) is 51.7 Å². The first-order valence-electron chi connectivity index (χ1n) is 6.61. The third kappa shape index (κ3) is 2.27. The third-order valence-electron chi connectivity index (χ3n) is 4.69. The smallest absolute Gasteiger partial charge is 0.0658 e. The molecule has 3 heteroatoms. The summed E-state index contributed by atoms with van der Waals surface area (Å²) in [6.45, 7) is 7.18. The molecule has 0 aromatic carbocycles. The van der Waals surface area contributed by atoms with Crippen LogP contribution in [0.15, 0.2) is 0 Å². The molecule has 3 nitrogen and oxygen atoms in total. The van der Waals surface area contributed by atoms with Crippen molar-refractivity contribution in [2.24, 2.45) is 17.1 Å². The normalized spacial score (nSPS) is 40.7. The predicted octanol–water partition coefficient (Wildman–Crippen LogP) is 1.95. The lowest BCUT2D eigenvalue weighted by atomic mass is 9.62. The van der Waals surface area contributed by atoms with E-state index in [0.717, 1.165) is 45.5 Å². The number of nitrogens with two attached hydrogens (primary N) is 1. The number of hydrogen-bond acceptors (Lipinski definition) is 3. The summed E-state index contributed by atoms with van der Waals surface area (Å²) in [6.07, 6.45) is 4.85. The Morgan fingerprint density at radius 1 is 1.38 bits per heavy atom. The summed E-state index contributed by atoms with van der Waals surface area (Å²) in [5.74, 6) is 0.701. The SMILES string of the molecule is CCC1(C)C(N)CC1OCC1CCOCC1. The van der Waals surface area contributed by atoms with Gasteiger partial charge in [0, 0.05) is 31.3 Å². The molecule has 0 bridgehead atoms. The van der Waals surface area contributed by atoms with Gasteiger partial charge in [-0.05, 0) is 31.6 Å². The summed E-state index contributed by atoms with van der Waals surface area (Å²) in [5.41, 5.74) is 6.28. The first-order chi connectivity index (χ1) is 7.66. The lowest BCUT2D eigenvalue weighted by Crippen LogP contribution is -2.60. The second-order valence-electron chi connectivity index (χ2n) is 5.58. The molecular weight excluding hydrogens is 202 g/mol. The summed E-state index contributed by atoms with van der Waals surface area (Å²) < 4.78 is 11.4. The van der Waals surface area contributed by atoms with Crippen molar-refractivity contribution in [2.75, 3.05) is 19.8 Å². The average Bonchev–Trinajstić information content (AvgIpc) is 2.34. The zero-order chi connectivity index (χ0) is 11.6. The highest BCUT2D eigenvalue weighted by Gasteiger charge is 2.49.